The van der Waals surface area contributed by atoms with Crippen LogP contribution >= 0.6 is 45.2 Å². The lowest BCUT2D eigenvalue weighted by Gasteiger charge is -2.11. The molecule has 1 aromatic rings. The van der Waals surface area contributed by atoms with Crippen LogP contribution in [0.25, 0.3) is 0 Å². The van der Waals surface area contributed by atoms with E-state index in [2.05, 4.69) is 58.2 Å². The van der Waals surface area contributed by atoms with E-state index in [0.717, 1.165) is 15.6 Å². The van der Waals surface area contributed by atoms with Gasteiger partial charge in [0.2, 0.25) is 0 Å². The molecule has 0 spiro atoms. The monoisotopic (exact) mass is 498 g/mol. The second-order valence-corrected chi connectivity index (χ2v) is 10.2. The number of carbonyl (C=O) groups excluding carboxylic acids is 1. The molecule has 5 heteroatoms. The number of benzene rings is 1. The molecule has 2 nitrogen and oxygen atoms in total. The highest BCUT2D eigenvalue weighted by atomic mass is 127. The second kappa shape index (κ2) is 9.12. The first-order valence-electron chi connectivity index (χ1n) is 5.98. The third-order valence-corrected chi connectivity index (χ3v) is 4.45. The number of alkyl halides is 2. The Hall–Kier alpha value is 0.107. The summed E-state index contributed by atoms with van der Waals surface area (Å²) in [6, 6.07) is 8.40. The van der Waals surface area contributed by atoms with E-state index in [1.165, 1.54) is 5.20 Å². The Bertz CT molecular complexity index is 459. The highest BCUT2D eigenvalue weighted by molar-refractivity contribution is 14.2. The summed E-state index contributed by atoms with van der Waals surface area (Å²) in [7, 11) is 0.733. The Morgan fingerprint density at radius 1 is 1.42 bits per heavy atom. The predicted molar refractivity (Wildman–Crippen MR) is 97.8 cm³/mol. The molecule has 0 bridgehead atoms. The molecule has 0 fully saturated rings. The molecule has 0 aromatic heterocycles. The number of hydrogen-bond acceptors (Lipinski definition) is 2. The summed E-state index contributed by atoms with van der Waals surface area (Å²) >= 11 is 4.35. The lowest BCUT2D eigenvalue weighted by Crippen LogP contribution is -2.07. The minimum atomic E-state index is 0.0243. The van der Waals surface area contributed by atoms with Crippen LogP contribution in [-0.2, 0) is 0 Å². The number of para-hydroxylation sites is 1. The Morgan fingerprint density at radius 2 is 2.11 bits per heavy atom. The van der Waals surface area contributed by atoms with Gasteiger partial charge in [-0.25, -0.2) is 0 Å². The number of ketones is 1. The van der Waals surface area contributed by atoms with Gasteiger partial charge in [-0.3, -0.25) is 4.79 Å². The molecule has 0 unspecified atom stereocenters. The van der Waals surface area contributed by atoms with Gasteiger partial charge < -0.3 is 4.74 Å². The van der Waals surface area contributed by atoms with Crippen molar-refractivity contribution in [3.8, 4) is 5.75 Å². The zero-order valence-electron chi connectivity index (χ0n) is 11.0. The van der Waals surface area contributed by atoms with Crippen molar-refractivity contribution in [1.82, 2.24) is 0 Å². The molecule has 0 heterocycles. The summed E-state index contributed by atoms with van der Waals surface area (Å²) in [5.41, 5.74) is 0.698. The van der Waals surface area contributed by atoms with E-state index in [4.69, 9.17) is 4.74 Å². The van der Waals surface area contributed by atoms with Crippen LogP contribution < -0.4 is 4.74 Å². The van der Waals surface area contributed by atoms with Gasteiger partial charge in [0.25, 0.3) is 0 Å². The molecule has 0 atom stereocenters. The van der Waals surface area contributed by atoms with E-state index >= 15 is 0 Å². The lowest BCUT2D eigenvalue weighted by atomic mass is 10.1. The lowest BCUT2D eigenvalue weighted by molar-refractivity contribution is 0.0985. The minimum Gasteiger partial charge on any atom is -0.470 e. The van der Waals surface area contributed by atoms with E-state index in [-0.39, 0.29) is 7.90 Å². The van der Waals surface area contributed by atoms with Crippen molar-refractivity contribution in [2.45, 2.75) is 28.4 Å². The van der Waals surface area contributed by atoms with Crippen molar-refractivity contribution in [3.05, 3.63) is 41.1 Å². The fourth-order valence-electron chi connectivity index (χ4n) is 1.51. The number of carbonyl (C=O) groups is 1. The van der Waals surface area contributed by atoms with Crippen molar-refractivity contribution in [2.75, 3.05) is 0 Å². The molecular formula is C14H16I2O2Si. The van der Waals surface area contributed by atoms with Gasteiger partial charge in [-0.05, 0) is 77.2 Å². The average molecular weight is 498 g/mol. The fraction of sp³-hybridized carbons (Fsp3) is 0.357. The highest BCUT2D eigenvalue weighted by Crippen LogP contribution is 2.25. The van der Waals surface area contributed by atoms with E-state index in [1.54, 1.807) is 0 Å². The zero-order valence-corrected chi connectivity index (χ0v) is 16.3. The molecule has 0 aliphatic rings. The predicted octanol–water partition coefficient (Wildman–Crippen LogP) is 4.84. The summed E-state index contributed by atoms with van der Waals surface area (Å²) in [5, 5.41) is 1.36. The largest absolute Gasteiger partial charge is 0.470 e. The van der Waals surface area contributed by atoms with Gasteiger partial charge in [0, 0.05) is 6.42 Å². The van der Waals surface area contributed by atoms with Crippen molar-refractivity contribution in [1.29, 1.82) is 0 Å². The first-order chi connectivity index (χ1) is 9.04. The third kappa shape index (κ3) is 6.39. The number of Topliss-reactive ketones (excluding diaryl/α,β-unsaturated/α-hetero) is 1. The normalized spacial score (nSPS) is 11.7. The van der Waals surface area contributed by atoms with E-state index in [9.17, 15) is 4.79 Å². The maximum atomic E-state index is 12.2. The van der Waals surface area contributed by atoms with Gasteiger partial charge in [-0.1, -0.05) is 23.4 Å². The van der Waals surface area contributed by atoms with Crippen molar-refractivity contribution in [2.24, 2.45) is 0 Å². The first kappa shape index (κ1) is 17.2. The third-order valence-electron chi connectivity index (χ3n) is 2.59. The SMILES string of the molecule is CC=C(C)[Si]CCC(=O)c1ccccc1OC(I)I. The van der Waals surface area contributed by atoms with Gasteiger partial charge in [-0.15, -0.1) is 0 Å². The standard InChI is InChI=1S/C14H16I2O2Si/c1-3-10(2)19-9-8-12(17)11-6-4-5-7-13(11)18-14(15)16/h3-7,14H,8-9H2,1-2H3. The van der Waals surface area contributed by atoms with Gasteiger partial charge in [-0.2, -0.15) is 0 Å². The van der Waals surface area contributed by atoms with Crippen LogP contribution in [0.4, 0.5) is 0 Å². The van der Waals surface area contributed by atoms with Crippen LogP contribution in [0.3, 0.4) is 0 Å². The van der Waals surface area contributed by atoms with Crippen LogP contribution in [0.2, 0.25) is 6.04 Å². The highest BCUT2D eigenvalue weighted by Gasteiger charge is 2.13. The van der Waals surface area contributed by atoms with Crippen LogP contribution in [-0.4, -0.2) is 17.4 Å². The van der Waals surface area contributed by atoms with Gasteiger partial charge in [0.15, 0.2) is 7.90 Å². The number of hydrogen-bond donors (Lipinski definition) is 0. The van der Waals surface area contributed by atoms with Crippen molar-refractivity contribution in [3.63, 3.8) is 0 Å². The molecule has 0 saturated carbocycles. The van der Waals surface area contributed by atoms with Crippen LogP contribution in [0.5, 0.6) is 5.75 Å². The van der Waals surface area contributed by atoms with Crippen molar-refractivity contribution < 1.29 is 9.53 Å². The minimum absolute atomic E-state index is 0.0243. The number of ether oxygens (including phenoxy) is 1. The molecule has 19 heavy (non-hydrogen) atoms. The molecule has 2 radical (unpaired) electrons. The summed E-state index contributed by atoms with van der Waals surface area (Å²) in [6.07, 6.45) is 2.69. The summed E-state index contributed by atoms with van der Waals surface area (Å²) in [4.78, 5) is 12.2. The molecule has 1 aromatic carbocycles. The van der Waals surface area contributed by atoms with Crippen LogP contribution in [0, 0.1) is 0 Å². The van der Waals surface area contributed by atoms with Gasteiger partial charge in [0.1, 0.15) is 5.75 Å². The van der Waals surface area contributed by atoms with E-state index < -0.39 is 0 Å². The average Bonchev–Trinajstić information content (AvgIpc) is 2.38. The fourth-order valence-corrected chi connectivity index (χ4v) is 3.00. The van der Waals surface area contributed by atoms with Crippen LogP contribution in [0.1, 0.15) is 30.6 Å². The Kier molecular flexibility index (Phi) is 8.23. The smallest absolute Gasteiger partial charge is 0.199 e. The summed E-state index contributed by atoms with van der Waals surface area (Å²) in [6.45, 7) is 4.14. The summed E-state index contributed by atoms with van der Waals surface area (Å²) < 4.78 is 5.68. The molecule has 1 rings (SSSR count). The zero-order chi connectivity index (χ0) is 14.3. The first-order valence-corrected chi connectivity index (χ1v) is 9.68. The molecule has 0 N–H and O–H groups in total. The molecule has 0 aliphatic heterocycles. The topological polar surface area (TPSA) is 26.3 Å². The maximum absolute atomic E-state index is 12.2. The van der Waals surface area contributed by atoms with E-state index in [0.29, 0.717) is 17.7 Å². The number of rotatable bonds is 7. The summed E-state index contributed by atoms with van der Waals surface area (Å²) in [5.74, 6) is 0.854. The van der Waals surface area contributed by atoms with Crippen molar-refractivity contribution >= 4 is 60.5 Å². The second-order valence-electron chi connectivity index (χ2n) is 3.95. The number of halogens is 2. The Labute approximate surface area is 144 Å². The Balaban J connectivity index is 2.66. The molecular weight excluding hydrogens is 482 g/mol. The maximum Gasteiger partial charge on any atom is 0.199 e. The Morgan fingerprint density at radius 3 is 2.74 bits per heavy atom. The molecule has 0 aliphatic carbocycles. The molecule has 102 valence electrons. The van der Waals surface area contributed by atoms with Gasteiger partial charge in [0.05, 0.1) is 15.1 Å². The molecule has 0 amide bonds. The van der Waals surface area contributed by atoms with Crippen LogP contribution in [0.15, 0.2) is 35.5 Å². The van der Waals surface area contributed by atoms with E-state index in [1.807, 2.05) is 31.2 Å². The quantitative estimate of drug-likeness (QED) is 0.233. The number of allylic oxidation sites excluding steroid dienone is 2. The molecule has 0 saturated heterocycles. The van der Waals surface area contributed by atoms with Gasteiger partial charge >= 0.3 is 0 Å².